The molecule has 0 saturated carbocycles. The molecule has 116 valence electrons. The number of benzene rings is 3. The summed E-state index contributed by atoms with van der Waals surface area (Å²) in [6.45, 7) is 2.01. The first kappa shape index (κ1) is 15.1. The van der Waals surface area contributed by atoms with Crippen LogP contribution in [0.3, 0.4) is 0 Å². The molecule has 3 rings (SSSR count). The molecule has 0 aliphatic heterocycles. The van der Waals surface area contributed by atoms with E-state index in [-0.39, 0.29) is 12.1 Å². The highest BCUT2D eigenvalue weighted by molar-refractivity contribution is 5.93. The van der Waals surface area contributed by atoms with Gasteiger partial charge in [0.05, 0.1) is 0 Å². The van der Waals surface area contributed by atoms with E-state index < -0.39 is 0 Å². The van der Waals surface area contributed by atoms with E-state index in [1.165, 1.54) is 5.56 Å². The van der Waals surface area contributed by atoms with E-state index in [2.05, 4.69) is 28.8 Å². The molecule has 23 heavy (non-hydrogen) atoms. The Balaban J connectivity index is 1.59. The molecular formula is C20H20N2O. The van der Waals surface area contributed by atoms with Crippen LogP contribution in [0.5, 0.6) is 0 Å². The van der Waals surface area contributed by atoms with E-state index in [1.807, 2.05) is 61.5 Å². The number of carbonyl (C=O) groups is 1. The molecule has 0 heterocycles. The fraction of sp³-hybridized carbons (Fsp3) is 0.150. The van der Waals surface area contributed by atoms with Gasteiger partial charge in [-0.1, -0.05) is 60.7 Å². The summed E-state index contributed by atoms with van der Waals surface area (Å²) in [6.07, 6.45) is 0.811. The minimum Gasteiger partial charge on any atom is -0.335 e. The van der Waals surface area contributed by atoms with E-state index in [4.69, 9.17) is 0 Å². The molecule has 3 heteroatoms. The van der Waals surface area contributed by atoms with Gasteiger partial charge < -0.3 is 10.6 Å². The quantitative estimate of drug-likeness (QED) is 0.727. The molecule has 0 saturated heterocycles. The molecule has 0 aliphatic rings. The average Bonchev–Trinajstić information content (AvgIpc) is 2.55. The first-order chi connectivity index (χ1) is 11.2. The fourth-order valence-corrected chi connectivity index (χ4v) is 2.68. The number of urea groups is 1. The van der Waals surface area contributed by atoms with Gasteiger partial charge in [0, 0.05) is 11.7 Å². The number of rotatable bonds is 4. The molecule has 0 spiro atoms. The highest BCUT2D eigenvalue weighted by Crippen LogP contribution is 2.18. The summed E-state index contributed by atoms with van der Waals surface area (Å²) in [5.41, 5.74) is 2.01. The zero-order chi connectivity index (χ0) is 16.1. The molecule has 0 fully saturated rings. The minimum atomic E-state index is -0.177. The van der Waals surface area contributed by atoms with Crippen LogP contribution in [0.25, 0.3) is 10.8 Å². The predicted octanol–water partition coefficient (Wildman–Crippen LogP) is 4.59. The summed E-state index contributed by atoms with van der Waals surface area (Å²) in [6, 6.07) is 24.1. The largest absolute Gasteiger partial charge is 0.335 e. The Morgan fingerprint density at radius 3 is 2.39 bits per heavy atom. The van der Waals surface area contributed by atoms with Gasteiger partial charge >= 0.3 is 6.03 Å². The van der Waals surface area contributed by atoms with E-state index in [0.717, 1.165) is 22.9 Å². The average molecular weight is 304 g/mol. The van der Waals surface area contributed by atoms with Gasteiger partial charge in [-0.15, -0.1) is 0 Å². The van der Waals surface area contributed by atoms with E-state index >= 15 is 0 Å². The van der Waals surface area contributed by atoms with Gasteiger partial charge in [0.2, 0.25) is 0 Å². The first-order valence-corrected chi connectivity index (χ1v) is 7.81. The fourth-order valence-electron chi connectivity index (χ4n) is 2.68. The number of hydrogen-bond acceptors (Lipinski definition) is 1. The number of hydrogen-bond donors (Lipinski definition) is 2. The lowest BCUT2D eigenvalue weighted by molar-refractivity contribution is 0.249. The molecule has 0 aromatic heterocycles. The zero-order valence-electron chi connectivity index (χ0n) is 13.1. The second-order valence-electron chi connectivity index (χ2n) is 5.75. The maximum Gasteiger partial charge on any atom is 0.319 e. The summed E-state index contributed by atoms with van der Waals surface area (Å²) in [5.74, 6) is 0. The maximum absolute atomic E-state index is 12.1. The van der Waals surface area contributed by atoms with Crippen LogP contribution in [0.1, 0.15) is 12.5 Å². The molecule has 3 aromatic rings. The maximum atomic E-state index is 12.1. The second-order valence-corrected chi connectivity index (χ2v) is 5.75. The highest BCUT2D eigenvalue weighted by Gasteiger charge is 2.08. The molecule has 0 radical (unpaired) electrons. The third kappa shape index (κ3) is 4.10. The van der Waals surface area contributed by atoms with Crippen molar-refractivity contribution >= 4 is 22.5 Å². The molecule has 0 aliphatic carbocycles. The molecule has 3 nitrogen and oxygen atoms in total. The number of carbonyl (C=O) groups excluding carboxylic acids is 1. The van der Waals surface area contributed by atoms with E-state index in [1.54, 1.807) is 0 Å². The molecule has 1 atom stereocenters. The monoisotopic (exact) mass is 304 g/mol. The van der Waals surface area contributed by atoms with Gasteiger partial charge in [-0.25, -0.2) is 4.79 Å². The number of anilines is 1. The third-order valence-electron chi connectivity index (χ3n) is 3.77. The lowest BCUT2D eigenvalue weighted by atomic mass is 10.1. The van der Waals surface area contributed by atoms with E-state index in [0.29, 0.717) is 0 Å². The summed E-state index contributed by atoms with van der Waals surface area (Å²) < 4.78 is 0. The summed E-state index contributed by atoms with van der Waals surface area (Å²) >= 11 is 0. The zero-order valence-corrected chi connectivity index (χ0v) is 13.1. The standard InChI is InChI=1S/C20H20N2O/c1-15(13-16-7-3-2-4-8-16)21-20(23)22-19-12-11-17-9-5-6-10-18(17)14-19/h2-12,14-15H,13H2,1H3,(H2,21,22,23)/t15-/m0/s1. The number of nitrogens with one attached hydrogen (secondary N) is 2. The first-order valence-electron chi connectivity index (χ1n) is 7.81. The highest BCUT2D eigenvalue weighted by atomic mass is 16.2. The molecule has 3 aromatic carbocycles. The molecule has 2 amide bonds. The van der Waals surface area contributed by atoms with Crippen LogP contribution in [-0.4, -0.2) is 12.1 Å². The number of fused-ring (bicyclic) bond motifs is 1. The van der Waals surface area contributed by atoms with Crippen LogP contribution in [0.15, 0.2) is 72.8 Å². The topological polar surface area (TPSA) is 41.1 Å². The third-order valence-corrected chi connectivity index (χ3v) is 3.77. The van der Waals surface area contributed by atoms with Gasteiger partial charge in [0.1, 0.15) is 0 Å². The summed E-state index contributed by atoms with van der Waals surface area (Å²) in [5, 5.41) is 8.15. The van der Waals surface area contributed by atoms with Crippen LogP contribution in [0.2, 0.25) is 0 Å². The molecular weight excluding hydrogens is 284 g/mol. The van der Waals surface area contributed by atoms with Gasteiger partial charge in [-0.2, -0.15) is 0 Å². The minimum absolute atomic E-state index is 0.0675. The van der Waals surface area contributed by atoms with Crippen molar-refractivity contribution in [3.8, 4) is 0 Å². The van der Waals surface area contributed by atoms with Crippen molar-refractivity contribution in [1.82, 2.24) is 5.32 Å². The van der Waals surface area contributed by atoms with Crippen LogP contribution < -0.4 is 10.6 Å². The Labute approximate surface area is 136 Å². The second kappa shape index (κ2) is 6.97. The lowest BCUT2D eigenvalue weighted by Gasteiger charge is -2.15. The normalized spacial score (nSPS) is 11.9. The van der Waals surface area contributed by atoms with Crippen molar-refractivity contribution in [2.24, 2.45) is 0 Å². The smallest absolute Gasteiger partial charge is 0.319 e. The van der Waals surface area contributed by atoms with Gasteiger partial charge in [0.25, 0.3) is 0 Å². The van der Waals surface area contributed by atoms with Crippen LogP contribution in [-0.2, 0) is 6.42 Å². The lowest BCUT2D eigenvalue weighted by Crippen LogP contribution is -2.37. The van der Waals surface area contributed by atoms with Crippen LogP contribution in [0, 0.1) is 0 Å². The Morgan fingerprint density at radius 1 is 0.913 bits per heavy atom. The van der Waals surface area contributed by atoms with Crippen molar-refractivity contribution < 1.29 is 4.79 Å². The van der Waals surface area contributed by atoms with Crippen LogP contribution in [0.4, 0.5) is 10.5 Å². The Morgan fingerprint density at radius 2 is 1.61 bits per heavy atom. The van der Waals surface area contributed by atoms with Crippen molar-refractivity contribution in [2.75, 3.05) is 5.32 Å². The van der Waals surface area contributed by atoms with Gasteiger partial charge in [0.15, 0.2) is 0 Å². The SMILES string of the molecule is C[C@@H](Cc1ccccc1)NC(=O)Nc1ccc2ccccc2c1. The van der Waals surface area contributed by atoms with Crippen molar-refractivity contribution in [1.29, 1.82) is 0 Å². The number of amides is 2. The van der Waals surface area contributed by atoms with Crippen molar-refractivity contribution in [3.05, 3.63) is 78.4 Å². The Bertz CT molecular complexity index is 799. The summed E-state index contributed by atoms with van der Waals surface area (Å²) in [7, 11) is 0. The Kier molecular flexibility index (Phi) is 4.57. The molecule has 2 N–H and O–H groups in total. The predicted molar refractivity (Wildman–Crippen MR) is 95.7 cm³/mol. The van der Waals surface area contributed by atoms with Gasteiger partial charge in [-0.05, 0) is 41.8 Å². The Hall–Kier alpha value is -2.81. The van der Waals surface area contributed by atoms with E-state index in [9.17, 15) is 4.79 Å². The van der Waals surface area contributed by atoms with Crippen LogP contribution >= 0.6 is 0 Å². The molecule has 0 unspecified atom stereocenters. The van der Waals surface area contributed by atoms with Crippen molar-refractivity contribution in [3.63, 3.8) is 0 Å². The van der Waals surface area contributed by atoms with Crippen molar-refractivity contribution in [2.45, 2.75) is 19.4 Å². The van der Waals surface area contributed by atoms with Gasteiger partial charge in [-0.3, -0.25) is 0 Å². The summed E-state index contributed by atoms with van der Waals surface area (Å²) in [4.78, 5) is 12.1. The molecule has 0 bridgehead atoms.